The van der Waals surface area contributed by atoms with Gasteiger partial charge in [-0.1, -0.05) is 27.2 Å². The van der Waals surface area contributed by atoms with E-state index in [4.69, 9.17) is 0 Å². The first-order valence-electron chi connectivity index (χ1n) is 5.93. The molecule has 0 bridgehead atoms. The lowest BCUT2D eigenvalue weighted by Crippen LogP contribution is -2.11. The van der Waals surface area contributed by atoms with Crippen molar-refractivity contribution < 1.29 is 26.3 Å². The molecule has 1 aromatic rings. The molecule has 0 spiro atoms. The van der Waals surface area contributed by atoms with Gasteiger partial charge in [0.25, 0.3) is 0 Å². The van der Waals surface area contributed by atoms with E-state index in [1.807, 2.05) is 13.8 Å². The van der Waals surface area contributed by atoms with Crippen molar-refractivity contribution in [3.63, 3.8) is 0 Å². The standard InChI is InChI=1S/C11H10F6.C2H6/c1-2-3-7-4-8(10(12,13)14)6-9(5-7)11(15,16)17;1-2/h4-6H,2-3H2,1H3;1-2H3. The number of halogens is 6. The fraction of sp³-hybridized carbons (Fsp3) is 0.538. The van der Waals surface area contributed by atoms with E-state index < -0.39 is 23.5 Å². The van der Waals surface area contributed by atoms with Crippen LogP contribution in [-0.4, -0.2) is 0 Å². The minimum atomic E-state index is -4.76. The number of alkyl halides is 6. The van der Waals surface area contributed by atoms with Gasteiger partial charge in [-0.2, -0.15) is 26.3 Å². The first kappa shape index (κ1) is 17.8. The van der Waals surface area contributed by atoms with Gasteiger partial charge in [0.15, 0.2) is 0 Å². The highest BCUT2D eigenvalue weighted by atomic mass is 19.4. The fourth-order valence-corrected chi connectivity index (χ4v) is 1.45. The second kappa shape index (κ2) is 6.82. The smallest absolute Gasteiger partial charge is 0.166 e. The zero-order valence-electron chi connectivity index (χ0n) is 10.9. The monoisotopic (exact) mass is 286 g/mol. The quantitative estimate of drug-likeness (QED) is 0.611. The molecule has 1 rings (SSSR count). The van der Waals surface area contributed by atoms with Gasteiger partial charge in [-0.25, -0.2) is 0 Å². The second-order valence-electron chi connectivity index (χ2n) is 3.66. The maximum Gasteiger partial charge on any atom is 0.416 e. The highest BCUT2D eigenvalue weighted by Crippen LogP contribution is 2.36. The molecule has 1 aromatic carbocycles. The summed E-state index contributed by atoms with van der Waals surface area (Å²) in [5.74, 6) is 0. The molecule has 0 nitrogen and oxygen atoms in total. The van der Waals surface area contributed by atoms with E-state index in [9.17, 15) is 26.3 Å². The third kappa shape index (κ3) is 5.53. The van der Waals surface area contributed by atoms with Crippen LogP contribution in [0, 0.1) is 0 Å². The molecule has 0 N–H and O–H groups in total. The van der Waals surface area contributed by atoms with E-state index in [2.05, 4.69) is 0 Å². The Bertz CT molecular complexity index is 357. The highest BCUT2D eigenvalue weighted by molar-refractivity contribution is 5.33. The summed E-state index contributed by atoms with van der Waals surface area (Å²) in [5, 5.41) is 0. The Morgan fingerprint density at radius 1 is 0.789 bits per heavy atom. The van der Waals surface area contributed by atoms with Gasteiger partial charge >= 0.3 is 12.4 Å². The van der Waals surface area contributed by atoms with E-state index in [0.29, 0.717) is 6.42 Å². The normalized spacial score (nSPS) is 11.8. The minimum absolute atomic E-state index is 0.0506. The van der Waals surface area contributed by atoms with Crippen LogP contribution < -0.4 is 0 Å². The molecule has 0 amide bonds. The van der Waals surface area contributed by atoms with Gasteiger partial charge in [-0.3, -0.25) is 0 Å². The van der Waals surface area contributed by atoms with Crippen LogP contribution in [0.1, 0.15) is 43.9 Å². The number of hydrogen-bond acceptors (Lipinski definition) is 0. The van der Waals surface area contributed by atoms with Crippen LogP contribution in [0.3, 0.4) is 0 Å². The summed E-state index contributed by atoms with van der Waals surface area (Å²) in [7, 11) is 0. The molecule has 0 fully saturated rings. The molecule has 0 heterocycles. The van der Waals surface area contributed by atoms with Crippen LogP contribution in [0.2, 0.25) is 0 Å². The number of benzene rings is 1. The zero-order chi connectivity index (χ0) is 15.3. The van der Waals surface area contributed by atoms with E-state index >= 15 is 0 Å². The molecule has 0 radical (unpaired) electrons. The summed E-state index contributed by atoms with van der Waals surface area (Å²) in [6.07, 6.45) is -8.85. The molecule has 0 aliphatic heterocycles. The Morgan fingerprint density at radius 2 is 1.16 bits per heavy atom. The van der Waals surface area contributed by atoms with Gasteiger partial charge < -0.3 is 0 Å². The number of aryl methyl sites for hydroxylation is 1. The Labute approximate surface area is 108 Å². The predicted molar refractivity (Wildman–Crippen MR) is 61.8 cm³/mol. The van der Waals surface area contributed by atoms with Crippen LogP contribution >= 0.6 is 0 Å². The van der Waals surface area contributed by atoms with Crippen molar-refractivity contribution in [3.8, 4) is 0 Å². The van der Waals surface area contributed by atoms with Gasteiger partial charge in [0, 0.05) is 0 Å². The summed E-state index contributed by atoms with van der Waals surface area (Å²) < 4.78 is 74.5. The Balaban J connectivity index is 0.00000154. The molecular formula is C13H16F6. The molecule has 0 saturated carbocycles. The van der Waals surface area contributed by atoms with Crippen molar-refractivity contribution in [2.24, 2.45) is 0 Å². The van der Waals surface area contributed by atoms with Crippen molar-refractivity contribution in [2.45, 2.75) is 46.0 Å². The number of rotatable bonds is 2. The molecular weight excluding hydrogens is 270 g/mol. The van der Waals surface area contributed by atoms with Crippen LogP contribution in [0.4, 0.5) is 26.3 Å². The van der Waals surface area contributed by atoms with Gasteiger partial charge in [-0.15, -0.1) is 0 Å². The second-order valence-corrected chi connectivity index (χ2v) is 3.66. The largest absolute Gasteiger partial charge is 0.416 e. The molecule has 0 aliphatic carbocycles. The van der Waals surface area contributed by atoms with Crippen LogP contribution in [0.25, 0.3) is 0 Å². The Hall–Kier alpha value is -1.20. The maximum atomic E-state index is 12.4. The first-order chi connectivity index (χ1) is 8.64. The molecule has 6 heteroatoms. The maximum absolute atomic E-state index is 12.4. The lowest BCUT2D eigenvalue weighted by molar-refractivity contribution is -0.143. The molecule has 0 aromatic heterocycles. The SMILES string of the molecule is CC.CCCc1cc(C(F)(F)F)cc(C(F)(F)F)c1. The average molecular weight is 286 g/mol. The topological polar surface area (TPSA) is 0 Å². The summed E-state index contributed by atoms with van der Waals surface area (Å²) >= 11 is 0. The molecule has 0 unspecified atom stereocenters. The van der Waals surface area contributed by atoms with Crippen LogP contribution in [0.15, 0.2) is 18.2 Å². The minimum Gasteiger partial charge on any atom is -0.166 e. The van der Waals surface area contributed by atoms with Gasteiger partial charge in [0.2, 0.25) is 0 Å². The molecule has 110 valence electrons. The highest BCUT2D eigenvalue weighted by Gasteiger charge is 2.36. The number of hydrogen-bond donors (Lipinski definition) is 0. The lowest BCUT2D eigenvalue weighted by atomic mass is 10.0. The van der Waals surface area contributed by atoms with Crippen molar-refractivity contribution in [2.75, 3.05) is 0 Å². The average Bonchev–Trinajstić information content (AvgIpc) is 2.29. The van der Waals surface area contributed by atoms with Crippen molar-refractivity contribution in [3.05, 3.63) is 34.9 Å². The van der Waals surface area contributed by atoms with Crippen molar-refractivity contribution in [1.29, 1.82) is 0 Å². The summed E-state index contributed by atoms with van der Waals surface area (Å²) in [6, 6.07) is 1.66. The van der Waals surface area contributed by atoms with Crippen molar-refractivity contribution in [1.82, 2.24) is 0 Å². The molecule has 0 aliphatic rings. The third-order valence-corrected chi connectivity index (χ3v) is 2.19. The lowest BCUT2D eigenvalue weighted by Gasteiger charge is -2.13. The molecule has 19 heavy (non-hydrogen) atoms. The van der Waals surface area contributed by atoms with E-state index in [1.54, 1.807) is 6.92 Å². The Kier molecular flexibility index (Phi) is 6.39. The van der Waals surface area contributed by atoms with E-state index in [1.165, 1.54) is 0 Å². The predicted octanol–water partition coefficient (Wildman–Crippen LogP) is 5.70. The van der Waals surface area contributed by atoms with E-state index in [-0.39, 0.29) is 18.1 Å². The van der Waals surface area contributed by atoms with E-state index in [0.717, 1.165) is 12.1 Å². The zero-order valence-corrected chi connectivity index (χ0v) is 10.9. The van der Waals surface area contributed by atoms with Crippen LogP contribution in [0.5, 0.6) is 0 Å². The summed E-state index contributed by atoms with van der Waals surface area (Å²) in [4.78, 5) is 0. The molecule has 0 saturated heterocycles. The Morgan fingerprint density at radius 3 is 1.42 bits per heavy atom. The van der Waals surface area contributed by atoms with Crippen LogP contribution in [-0.2, 0) is 18.8 Å². The third-order valence-electron chi connectivity index (χ3n) is 2.19. The van der Waals surface area contributed by atoms with Crippen molar-refractivity contribution >= 4 is 0 Å². The summed E-state index contributed by atoms with van der Waals surface area (Å²) in [6.45, 7) is 5.69. The fourth-order valence-electron chi connectivity index (χ4n) is 1.45. The summed E-state index contributed by atoms with van der Waals surface area (Å²) in [5.41, 5.74) is -2.46. The molecule has 0 atom stereocenters. The van der Waals surface area contributed by atoms with Gasteiger partial charge in [-0.05, 0) is 30.2 Å². The van der Waals surface area contributed by atoms with Gasteiger partial charge in [0.1, 0.15) is 0 Å². The van der Waals surface area contributed by atoms with Gasteiger partial charge in [0.05, 0.1) is 11.1 Å². The first-order valence-corrected chi connectivity index (χ1v) is 5.93.